The molecule has 1 saturated heterocycles. The van der Waals surface area contributed by atoms with E-state index in [1.54, 1.807) is 0 Å². The fourth-order valence-corrected chi connectivity index (χ4v) is 3.39. The summed E-state index contributed by atoms with van der Waals surface area (Å²) in [7, 11) is 0. The molecule has 2 fully saturated rings. The predicted molar refractivity (Wildman–Crippen MR) is 73.3 cm³/mol. The number of likely N-dealkylation sites (tertiary alicyclic amines) is 1. The van der Waals surface area contributed by atoms with Crippen LogP contribution >= 0.6 is 0 Å². The molecule has 0 aromatic carbocycles. The van der Waals surface area contributed by atoms with Crippen molar-refractivity contribution in [2.24, 2.45) is 5.73 Å². The van der Waals surface area contributed by atoms with E-state index in [0.717, 1.165) is 19.3 Å². The summed E-state index contributed by atoms with van der Waals surface area (Å²) < 4.78 is 0. The highest BCUT2D eigenvalue weighted by Gasteiger charge is 2.29. The predicted octanol–water partition coefficient (Wildman–Crippen LogP) is 1.25. The van der Waals surface area contributed by atoms with Crippen LogP contribution in [0.25, 0.3) is 0 Å². The van der Waals surface area contributed by atoms with Crippen LogP contribution in [0.15, 0.2) is 0 Å². The van der Waals surface area contributed by atoms with E-state index < -0.39 is 0 Å². The average molecular weight is 253 g/mol. The van der Waals surface area contributed by atoms with Gasteiger partial charge in [0.25, 0.3) is 0 Å². The molecule has 0 bridgehead atoms. The maximum absolute atomic E-state index is 12.1. The minimum absolute atomic E-state index is 0.189. The largest absolute Gasteiger partial charge is 0.352 e. The minimum Gasteiger partial charge on any atom is -0.352 e. The maximum atomic E-state index is 12.1. The standard InChI is InChI=1S/C14H27N3O/c1-11-5-4-8-13(9-15)17(11)10-14(18)16-12-6-2-3-7-12/h11-13H,2-10,15H2,1H3,(H,16,18). The first-order chi connectivity index (χ1) is 8.70. The first-order valence-electron chi connectivity index (χ1n) is 7.46. The van der Waals surface area contributed by atoms with Gasteiger partial charge in [0.1, 0.15) is 0 Å². The summed E-state index contributed by atoms with van der Waals surface area (Å²) in [6.45, 7) is 3.41. The van der Waals surface area contributed by atoms with Crippen molar-refractivity contribution in [2.45, 2.75) is 70.0 Å². The Hall–Kier alpha value is -0.610. The van der Waals surface area contributed by atoms with Crippen LogP contribution in [0.4, 0.5) is 0 Å². The van der Waals surface area contributed by atoms with Gasteiger partial charge in [-0.3, -0.25) is 9.69 Å². The summed E-state index contributed by atoms with van der Waals surface area (Å²) in [4.78, 5) is 14.4. The lowest BCUT2D eigenvalue weighted by Crippen LogP contribution is -2.53. The molecule has 2 atom stereocenters. The number of piperidine rings is 1. The fourth-order valence-electron chi connectivity index (χ4n) is 3.39. The second-order valence-corrected chi connectivity index (χ2v) is 5.89. The van der Waals surface area contributed by atoms with E-state index in [2.05, 4.69) is 17.1 Å². The molecule has 0 aromatic rings. The van der Waals surface area contributed by atoms with Gasteiger partial charge in [0, 0.05) is 24.7 Å². The van der Waals surface area contributed by atoms with Crippen LogP contribution in [-0.4, -0.2) is 42.0 Å². The molecule has 1 aliphatic carbocycles. The molecule has 1 heterocycles. The molecule has 4 nitrogen and oxygen atoms in total. The van der Waals surface area contributed by atoms with Crippen LogP contribution in [0.3, 0.4) is 0 Å². The Morgan fingerprint density at radius 3 is 2.61 bits per heavy atom. The zero-order valence-electron chi connectivity index (χ0n) is 11.5. The van der Waals surface area contributed by atoms with Crippen molar-refractivity contribution in [3.05, 3.63) is 0 Å². The third-order valence-corrected chi connectivity index (χ3v) is 4.51. The quantitative estimate of drug-likeness (QED) is 0.792. The molecular weight excluding hydrogens is 226 g/mol. The Labute approximate surface area is 110 Å². The van der Waals surface area contributed by atoms with Crippen molar-refractivity contribution in [3.63, 3.8) is 0 Å². The van der Waals surface area contributed by atoms with Gasteiger partial charge in [-0.2, -0.15) is 0 Å². The normalized spacial score (nSPS) is 30.6. The molecule has 3 N–H and O–H groups in total. The van der Waals surface area contributed by atoms with Crippen molar-refractivity contribution in [2.75, 3.05) is 13.1 Å². The number of carbonyl (C=O) groups is 1. The van der Waals surface area contributed by atoms with Gasteiger partial charge in [-0.1, -0.05) is 19.3 Å². The maximum Gasteiger partial charge on any atom is 0.234 e. The van der Waals surface area contributed by atoms with Crippen LogP contribution < -0.4 is 11.1 Å². The molecule has 2 rings (SSSR count). The smallest absolute Gasteiger partial charge is 0.234 e. The van der Waals surface area contributed by atoms with E-state index in [9.17, 15) is 4.79 Å². The highest BCUT2D eigenvalue weighted by Crippen LogP contribution is 2.22. The Kier molecular flexibility index (Phi) is 5.01. The number of hydrogen-bond donors (Lipinski definition) is 2. The molecule has 104 valence electrons. The zero-order chi connectivity index (χ0) is 13.0. The van der Waals surface area contributed by atoms with Crippen LogP contribution in [0.1, 0.15) is 51.9 Å². The van der Waals surface area contributed by atoms with Gasteiger partial charge in [0.05, 0.1) is 6.54 Å². The molecule has 0 spiro atoms. The lowest BCUT2D eigenvalue weighted by atomic mass is 9.96. The minimum atomic E-state index is 0.189. The summed E-state index contributed by atoms with van der Waals surface area (Å²) in [5.41, 5.74) is 5.82. The Morgan fingerprint density at radius 1 is 1.22 bits per heavy atom. The van der Waals surface area contributed by atoms with Crippen LogP contribution in [0.2, 0.25) is 0 Å². The van der Waals surface area contributed by atoms with E-state index >= 15 is 0 Å². The van der Waals surface area contributed by atoms with Gasteiger partial charge in [0.15, 0.2) is 0 Å². The molecule has 1 amide bonds. The number of amides is 1. The van der Waals surface area contributed by atoms with Crippen molar-refractivity contribution in [1.82, 2.24) is 10.2 Å². The third kappa shape index (κ3) is 3.45. The Bertz CT molecular complexity index is 276. The third-order valence-electron chi connectivity index (χ3n) is 4.51. The van der Waals surface area contributed by atoms with Crippen LogP contribution in [0, 0.1) is 0 Å². The first kappa shape index (κ1) is 13.8. The van der Waals surface area contributed by atoms with Crippen molar-refractivity contribution in [3.8, 4) is 0 Å². The van der Waals surface area contributed by atoms with Crippen LogP contribution in [-0.2, 0) is 4.79 Å². The van der Waals surface area contributed by atoms with E-state index in [0.29, 0.717) is 31.2 Å². The summed E-state index contributed by atoms with van der Waals surface area (Å²) in [6, 6.07) is 1.30. The highest BCUT2D eigenvalue weighted by molar-refractivity contribution is 5.78. The number of rotatable bonds is 4. The van der Waals surface area contributed by atoms with Crippen molar-refractivity contribution in [1.29, 1.82) is 0 Å². The van der Waals surface area contributed by atoms with Gasteiger partial charge in [-0.15, -0.1) is 0 Å². The molecule has 1 saturated carbocycles. The van der Waals surface area contributed by atoms with Gasteiger partial charge in [-0.25, -0.2) is 0 Å². The summed E-state index contributed by atoms with van der Waals surface area (Å²) in [5, 5.41) is 3.17. The summed E-state index contributed by atoms with van der Waals surface area (Å²) in [5.74, 6) is 0.189. The Balaban J connectivity index is 1.83. The lowest BCUT2D eigenvalue weighted by Gasteiger charge is -2.39. The lowest BCUT2D eigenvalue weighted by molar-refractivity contribution is -0.124. The molecule has 0 aromatic heterocycles. The molecule has 4 heteroatoms. The number of nitrogens with zero attached hydrogens (tertiary/aromatic N) is 1. The second kappa shape index (κ2) is 6.53. The molecule has 2 unspecified atom stereocenters. The van der Waals surface area contributed by atoms with Crippen molar-refractivity contribution >= 4 is 5.91 Å². The monoisotopic (exact) mass is 253 g/mol. The summed E-state index contributed by atoms with van der Waals surface area (Å²) >= 11 is 0. The van der Waals surface area contributed by atoms with E-state index in [4.69, 9.17) is 5.73 Å². The number of hydrogen-bond acceptors (Lipinski definition) is 3. The van der Waals surface area contributed by atoms with E-state index in [1.165, 1.54) is 25.7 Å². The van der Waals surface area contributed by atoms with Gasteiger partial charge >= 0.3 is 0 Å². The molecule has 18 heavy (non-hydrogen) atoms. The van der Waals surface area contributed by atoms with Gasteiger partial charge in [-0.05, 0) is 32.6 Å². The topological polar surface area (TPSA) is 58.4 Å². The second-order valence-electron chi connectivity index (χ2n) is 5.89. The molecular formula is C14H27N3O. The van der Waals surface area contributed by atoms with Gasteiger partial charge < -0.3 is 11.1 Å². The zero-order valence-corrected chi connectivity index (χ0v) is 11.5. The number of nitrogens with two attached hydrogens (primary N) is 1. The van der Waals surface area contributed by atoms with Crippen molar-refractivity contribution < 1.29 is 4.79 Å². The molecule has 2 aliphatic rings. The SMILES string of the molecule is CC1CCCC(CN)N1CC(=O)NC1CCCC1. The fraction of sp³-hybridized carbons (Fsp3) is 0.929. The number of nitrogens with one attached hydrogen (secondary N) is 1. The average Bonchev–Trinajstić information content (AvgIpc) is 2.84. The van der Waals surface area contributed by atoms with Gasteiger partial charge in [0.2, 0.25) is 5.91 Å². The first-order valence-corrected chi connectivity index (χ1v) is 7.46. The van der Waals surface area contributed by atoms with E-state index in [-0.39, 0.29) is 5.91 Å². The van der Waals surface area contributed by atoms with E-state index in [1.807, 2.05) is 0 Å². The summed E-state index contributed by atoms with van der Waals surface area (Å²) in [6.07, 6.45) is 8.39. The highest BCUT2D eigenvalue weighted by atomic mass is 16.2. The number of carbonyl (C=O) groups excluding carboxylic acids is 1. The molecule has 0 radical (unpaired) electrons. The van der Waals surface area contributed by atoms with Crippen LogP contribution in [0.5, 0.6) is 0 Å². The molecule has 1 aliphatic heterocycles. The Morgan fingerprint density at radius 2 is 1.94 bits per heavy atom.